The van der Waals surface area contributed by atoms with Crippen molar-refractivity contribution in [1.29, 1.82) is 0 Å². The van der Waals surface area contributed by atoms with Crippen LogP contribution in [0.4, 0.5) is 20.3 Å². The topological polar surface area (TPSA) is 101 Å². The molecule has 0 aliphatic heterocycles. The second-order valence-electron chi connectivity index (χ2n) is 3.84. The molecule has 0 amide bonds. The summed E-state index contributed by atoms with van der Waals surface area (Å²) < 4.78 is 36.6. The van der Waals surface area contributed by atoms with Crippen LogP contribution in [0.2, 0.25) is 0 Å². The van der Waals surface area contributed by atoms with Gasteiger partial charge in [0.25, 0.3) is 11.6 Å². The van der Waals surface area contributed by atoms with Gasteiger partial charge in [-0.1, -0.05) is 0 Å². The number of aromatic nitrogens is 1. The number of halogens is 2. The third-order valence-electron chi connectivity index (χ3n) is 2.49. The number of nitrogens with two attached hydrogens (primary N) is 1. The Balaban J connectivity index is 2.45. The number of nitrogens with zero attached hydrogens (tertiary/aromatic N) is 2. The van der Waals surface area contributed by atoms with E-state index in [9.17, 15) is 18.9 Å². The number of nitrogen functional groups attached to an aromatic ring is 1. The maximum absolute atomic E-state index is 13.6. The minimum atomic E-state index is -1.10. The Kier molecular flexibility index (Phi) is 3.83. The summed E-state index contributed by atoms with van der Waals surface area (Å²) >= 11 is 0. The predicted molar refractivity (Wildman–Crippen MR) is 68.3 cm³/mol. The van der Waals surface area contributed by atoms with Gasteiger partial charge in [0.2, 0.25) is 0 Å². The number of benzene rings is 1. The van der Waals surface area contributed by atoms with Gasteiger partial charge in [-0.15, -0.1) is 0 Å². The highest BCUT2D eigenvalue weighted by atomic mass is 19.1. The van der Waals surface area contributed by atoms with Gasteiger partial charge in [0, 0.05) is 12.1 Å². The van der Waals surface area contributed by atoms with Gasteiger partial charge in [-0.2, -0.15) is 4.98 Å². The van der Waals surface area contributed by atoms with E-state index in [1.54, 1.807) is 0 Å². The van der Waals surface area contributed by atoms with Gasteiger partial charge >= 0.3 is 0 Å². The van der Waals surface area contributed by atoms with Crippen LogP contribution in [0.25, 0.3) is 0 Å². The Morgan fingerprint density at radius 1 is 1.24 bits per heavy atom. The van der Waals surface area contributed by atoms with Gasteiger partial charge in [0.15, 0.2) is 29.0 Å². The lowest BCUT2D eigenvalue weighted by molar-refractivity contribution is -0.384. The molecule has 9 heteroatoms. The first-order chi connectivity index (χ1) is 9.92. The molecule has 0 fully saturated rings. The molecule has 1 aromatic carbocycles. The van der Waals surface area contributed by atoms with E-state index < -0.39 is 28.3 Å². The molecule has 0 bridgehead atoms. The molecular formula is C12H9F2N3O4. The normalized spacial score (nSPS) is 10.2. The van der Waals surface area contributed by atoms with Crippen molar-refractivity contribution in [2.75, 3.05) is 12.8 Å². The Hall–Kier alpha value is -2.97. The third kappa shape index (κ3) is 2.96. The lowest BCUT2D eigenvalue weighted by atomic mass is 10.3. The number of anilines is 1. The van der Waals surface area contributed by atoms with E-state index in [1.807, 2.05) is 0 Å². The van der Waals surface area contributed by atoms with Crippen LogP contribution in [0.3, 0.4) is 0 Å². The zero-order valence-electron chi connectivity index (χ0n) is 10.7. The van der Waals surface area contributed by atoms with Gasteiger partial charge in [0.1, 0.15) is 0 Å². The van der Waals surface area contributed by atoms with Gasteiger partial charge in [-0.3, -0.25) is 10.1 Å². The van der Waals surface area contributed by atoms with Crippen molar-refractivity contribution in [3.8, 4) is 17.4 Å². The van der Waals surface area contributed by atoms with Crippen LogP contribution in [-0.2, 0) is 0 Å². The number of non-ortho nitro benzene ring substituents is 1. The van der Waals surface area contributed by atoms with Crippen LogP contribution in [0.5, 0.6) is 17.4 Å². The highest BCUT2D eigenvalue weighted by Crippen LogP contribution is 2.35. The van der Waals surface area contributed by atoms with Crippen molar-refractivity contribution in [3.05, 3.63) is 46.0 Å². The minimum Gasteiger partial charge on any atom is -0.493 e. The molecule has 0 aliphatic carbocycles. The Morgan fingerprint density at radius 2 is 1.95 bits per heavy atom. The highest BCUT2D eigenvalue weighted by molar-refractivity contribution is 5.50. The maximum Gasteiger partial charge on any atom is 0.273 e. The van der Waals surface area contributed by atoms with E-state index in [-0.39, 0.29) is 17.2 Å². The van der Waals surface area contributed by atoms with E-state index >= 15 is 0 Å². The van der Waals surface area contributed by atoms with E-state index in [1.165, 1.54) is 19.2 Å². The summed E-state index contributed by atoms with van der Waals surface area (Å²) in [5.74, 6) is -3.35. The number of rotatable bonds is 4. The Labute approximate surface area is 117 Å². The molecule has 1 aromatic heterocycles. The van der Waals surface area contributed by atoms with Gasteiger partial charge in [0.05, 0.1) is 18.1 Å². The van der Waals surface area contributed by atoms with Crippen LogP contribution >= 0.6 is 0 Å². The average Bonchev–Trinajstić information content (AvgIpc) is 2.44. The lowest BCUT2D eigenvalue weighted by Gasteiger charge is -2.10. The molecule has 110 valence electrons. The quantitative estimate of drug-likeness (QED) is 0.687. The number of nitro benzene ring substituents is 1. The maximum atomic E-state index is 13.6. The number of methoxy groups -OCH3 is 1. The fourth-order valence-corrected chi connectivity index (χ4v) is 1.50. The summed E-state index contributed by atoms with van der Waals surface area (Å²) in [5.41, 5.74) is 4.93. The monoisotopic (exact) mass is 297 g/mol. The smallest absolute Gasteiger partial charge is 0.273 e. The van der Waals surface area contributed by atoms with Gasteiger partial charge < -0.3 is 15.2 Å². The minimum absolute atomic E-state index is 0.115. The molecule has 0 unspecified atom stereocenters. The molecule has 2 aromatic rings. The van der Waals surface area contributed by atoms with Crippen molar-refractivity contribution < 1.29 is 23.2 Å². The molecule has 0 saturated heterocycles. The number of hydrogen-bond donors (Lipinski definition) is 1. The molecule has 7 nitrogen and oxygen atoms in total. The van der Waals surface area contributed by atoms with E-state index in [4.69, 9.17) is 15.2 Å². The number of ether oxygens (including phenoxy) is 2. The standard InChI is InChI=1S/C12H9F2N3O4/c1-20-9-3-2-6(17(18)19)4-10(9)21-12-8(14)5-7(13)11(15)16-12/h2-5H,1H3,(H2,15,16). The summed E-state index contributed by atoms with van der Waals surface area (Å²) in [6.45, 7) is 0. The largest absolute Gasteiger partial charge is 0.493 e. The van der Waals surface area contributed by atoms with Crippen LogP contribution in [0.15, 0.2) is 24.3 Å². The third-order valence-corrected chi connectivity index (χ3v) is 2.49. The van der Waals surface area contributed by atoms with E-state index in [0.29, 0.717) is 6.07 Å². The average molecular weight is 297 g/mol. The molecule has 0 saturated carbocycles. The van der Waals surface area contributed by atoms with Crippen LogP contribution in [0, 0.1) is 21.7 Å². The fourth-order valence-electron chi connectivity index (χ4n) is 1.50. The van der Waals surface area contributed by atoms with Crippen LogP contribution in [-0.4, -0.2) is 17.0 Å². The van der Waals surface area contributed by atoms with Gasteiger partial charge in [-0.05, 0) is 6.07 Å². The SMILES string of the molecule is COc1ccc([N+](=O)[O-])cc1Oc1nc(N)c(F)cc1F. The molecule has 0 atom stereocenters. The first-order valence-electron chi connectivity index (χ1n) is 5.54. The highest BCUT2D eigenvalue weighted by Gasteiger charge is 2.17. The van der Waals surface area contributed by atoms with Crippen molar-refractivity contribution in [3.63, 3.8) is 0 Å². The van der Waals surface area contributed by atoms with Crippen LogP contribution < -0.4 is 15.2 Å². The summed E-state index contributed by atoms with van der Waals surface area (Å²) in [6, 6.07) is 3.99. The summed E-state index contributed by atoms with van der Waals surface area (Å²) in [4.78, 5) is 13.5. The number of hydrogen-bond acceptors (Lipinski definition) is 6. The molecule has 0 radical (unpaired) electrons. The summed E-state index contributed by atoms with van der Waals surface area (Å²) in [7, 11) is 1.30. The first-order valence-corrected chi connectivity index (χ1v) is 5.54. The van der Waals surface area contributed by atoms with E-state index in [0.717, 1.165) is 6.07 Å². The summed E-state index contributed by atoms with van der Waals surface area (Å²) in [6.07, 6.45) is 0. The van der Waals surface area contributed by atoms with Crippen molar-refractivity contribution >= 4 is 11.5 Å². The molecule has 0 aliphatic rings. The molecule has 1 heterocycles. The zero-order chi connectivity index (χ0) is 15.6. The predicted octanol–water partition coefficient (Wildman–Crippen LogP) is 2.65. The van der Waals surface area contributed by atoms with Crippen molar-refractivity contribution in [2.45, 2.75) is 0 Å². The van der Waals surface area contributed by atoms with E-state index in [2.05, 4.69) is 4.98 Å². The second kappa shape index (κ2) is 5.57. The van der Waals surface area contributed by atoms with Crippen molar-refractivity contribution in [1.82, 2.24) is 4.98 Å². The lowest BCUT2D eigenvalue weighted by Crippen LogP contribution is -2.01. The Morgan fingerprint density at radius 3 is 2.57 bits per heavy atom. The Bertz CT molecular complexity index is 709. The molecule has 0 spiro atoms. The molecular weight excluding hydrogens is 288 g/mol. The number of pyridine rings is 1. The molecule has 2 N–H and O–H groups in total. The van der Waals surface area contributed by atoms with Crippen molar-refractivity contribution in [2.24, 2.45) is 0 Å². The first kappa shape index (κ1) is 14.4. The summed E-state index contributed by atoms with van der Waals surface area (Å²) in [5, 5.41) is 10.7. The second-order valence-corrected chi connectivity index (χ2v) is 3.84. The van der Waals surface area contributed by atoms with Gasteiger partial charge in [-0.25, -0.2) is 8.78 Å². The molecule has 2 rings (SSSR count). The number of nitro groups is 1. The fraction of sp³-hybridized carbons (Fsp3) is 0.0833. The zero-order valence-corrected chi connectivity index (χ0v) is 10.7. The van der Waals surface area contributed by atoms with Crippen LogP contribution in [0.1, 0.15) is 0 Å². The molecule has 21 heavy (non-hydrogen) atoms.